The fourth-order valence-electron chi connectivity index (χ4n) is 2.09. The second kappa shape index (κ2) is 5.99. The predicted octanol–water partition coefficient (Wildman–Crippen LogP) is 0.719. The highest BCUT2D eigenvalue weighted by atomic mass is 32.2. The molecule has 3 N–H and O–H groups in total. The van der Waals surface area contributed by atoms with Gasteiger partial charge in [0.2, 0.25) is 10.0 Å². The molecular weight excluding hydrogens is 280 g/mol. The number of ether oxygens (including phenoxy) is 2. The first-order valence-electron chi connectivity index (χ1n) is 6.46. The highest BCUT2D eigenvalue weighted by Gasteiger charge is 2.33. The van der Waals surface area contributed by atoms with Crippen molar-refractivity contribution in [1.29, 1.82) is 0 Å². The van der Waals surface area contributed by atoms with Crippen molar-refractivity contribution < 1.29 is 17.9 Å². The molecule has 0 heterocycles. The molecule has 0 saturated heterocycles. The summed E-state index contributed by atoms with van der Waals surface area (Å²) in [6.07, 6.45) is 2.05. The van der Waals surface area contributed by atoms with E-state index in [2.05, 4.69) is 4.72 Å². The van der Waals surface area contributed by atoms with Crippen LogP contribution in [0.5, 0.6) is 11.5 Å². The van der Waals surface area contributed by atoms with Crippen LogP contribution in [0, 0.1) is 5.92 Å². The third kappa shape index (κ3) is 3.23. The molecule has 1 saturated carbocycles. The van der Waals surface area contributed by atoms with Gasteiger partial charge < -0.3 is 15.2 Å². The quantitative estimate of drug-likeness (QED) is 0.774. The summed E-state index contributed by atoms with van der Waals surface area (Å²) in [4.78, 5) is 0.147. The Balaban J connectivity index is 2.24. The molecule has 0 bridgehead atoms. The molecule has 1 unspecified atom stereocenters. The van der Waals surface area contributed by atoms with Gasteiger partial charge in [0.05, 0.1) is 19.1 Å². The predicted molar refractivity (Wildman–Crippen MR) is 75.4 cm³/mol. The Labute approximate surface area is 119 Å². The molecule has 1 aliphatic carbocycles. The van der Waals surface area contributed by atoms with E-state index in [9.17, 15) is 8.42 Å². The SMILES string of the molecule is COc1ccc(S(=O)(=O)NC(CN)C2CC2)cc1OC. The zero-order chi connectivity index (χ0) is 14.8. The third-order valence-electron chi connectivity index (χ3n) is 3.42. The van der Waals surface area contributed by atoms with Gasteiger partial charge in [0, 0.05) is 18.7 Å². The maximum atomic E-state index is 12.3. The zero-order valence-corrected chi connectivity index (χ0v) is 12.4. The Kier molecular flexibility index (Phi) is 4.52. The van der Waals surface area contributed by atoms with Gasteiger partial charge >= 0.3 is 0 Å². The first kappa shape index (κ1) is 15.1. The molecule has 0 spiro atoms. The second-order valence-electron chi connectivity index (χ2n) is 4.82. The van der Waals surface area contributed by atoms with Gasteiger partial charge in [-0.15, -0.1) is 0 Å². The fourth-order valence-corrected chi connectivity index (χ4v) is 3.42. The van der Waals surface area contributed by atoms with E-state index in [0.717, 1.165) is 12.8 Å². The van der Waals surface area contributed by atoms with Crippen molar-refractivity contribution in [1.82, 2.24) is 4.72 Å². The van der Waals surface area contributed by atoms with E-state index in [1.54, 1.807) is 6.07 Å². The highest BCUT2D eigenvalue weighted by molar-refractivity contribution is 7.89. The molecule has 2 rings (SSSR count). The van der Waals surface area contributed by atoms with E-state index in [1.807, 2.05) is 0 Å². The topological polar surface area (TPSA) is 90.7 Å². The van der Waals surface area contributed by atoms with E-state index >= 15 is 0 Å². The molecule has 0 radical (unpaired) electrons. The monoisotopic (exact) mass is 300 g/mol. The van der Waals surface area contributed by atoms with Crippen LogP contribution in [0.25, 0.3) is 0 Å². The number of methoxy groups -OCH3 is 2. The average Bonchev–Trinajstić information content (AvgIpc) is 3.28. The summed E-state index contributed by atoms with van der Waals surface area (Å²) in [6, 6.07) is 4.31. The largest absolute Gasteiger partial charge is 0.493 e. The maximum absolute atomic E-state index is 12.3. The molecule has 7 heteroatoms. The lowest BCUT2D eigenvalue weighted by Gasteiger charge is -2.17. The van der Waals surface area contributed by atoms with E-state index in [4.69, 9.17) is 15.2 Å². The molecule has 20 heavy (non-hydrogen) atoms. The maximum Gasteiger partial charge on any atom is 0.241 e. The standard InChI is InChI=1S/C13H20N2O4S/c1-18-12-6-5-10(7-13(12)19-2)20(16,17)15-11(8-14)9-3-4-9/h5-7,9,11,15H,3-4,8,14H2,1-2H3. The summed E-state index contributed by atoms with van der Waals surface area (Å²) >= 11 is 0. The van der Waals surface area contributed by atoms with E-state index in [1.165, 1.54) is 26.4 Å². The normalized spacial score (nSPS) is 16.8. The van der Waals surface area contributed by atoms with Crippen molar-refractivity contribution in [3.8, 4) is 11.5 Å². The van der Waals surface area contributed by atoms with Gasteiger partial charge in [0.15, 0.2) is 11.5 Å². The first-order chi connectivity index (χ1) is 9.51. The van der Waals surface area contributed by atoms with Crippen LogP contribution in [0.1, 0.15) is 12.8 Å². The van der Waals surface area contributed by atoms with Gasteiger partial charge in [-0.25, -0.2) is 13.1 Å². The van der Waals surface area contributed by atoms with Gasteiger partial charge in [-0.1, -0.05) is 0 Å². The number of hydrogen-bond donors (Lipinski definition) is 2. The summed E-state index contributed by atoms with van der Waals surface area (Å²) in [5.41, 5.74) is 5.63. The molecule has 0 aliphatic heterocycles. The first-order valence-corrected chi connectivity index (χ1v) is 7.94. The van der Waals surface area contributed by atoms with Crippen molar-refractivity contribution in [2.45, 2.75) is 23.8 Å². The van der Waals surface area contributed by atoms with Gasteiger partial charge in [-0.3, -0.25) is 0 Å². The van der Waals surface area contributed by atoms with Crippen LogP contribution in [-0.4, -0.2) is 35.2 Å². The van der Waals surface area contributed by atoms with E-state index < -0.39 is 10.0 Å². The van der Waals surface area contributed by atoms with Crippen LogP contribution in [0.2, 0.25) is 0 Å². The van der Waals surface area contributed by atoms with Crippen LogP contribution in [-0.2, 0) is 10.0 Å². The zero-order valence-electron chi connectivity index (χ0n) is 11.6. The third-order valence-corrected chi connectivity index (χ3v) is 4.90. The fraction of sp³-hybridized carbons (Fsp3) is 0.538. The molecular formula is C13H20N2O4S. The summed E-state index contributed by atoms with van der Waals surface area (Å²) in [5, 5.41) is 0. The highest BCUT2D eigenvalue weighted by Crippen LogP contribution is 2.34. The molecule has 1 atom stereocenters. The number of sulfonamides is 1. The van der Waals surface area contributed by atoms with Crippen molar-refractivity contribution in [2.75, 3.05) is 20.8 Å². The summed E-state index contributed by atoms with van der Waals surface area (Å²) in [7, 11) is -0.631. The molecule has 1 aromatic carbocycles. The van der Waals surface area contributed by atoms with Crippen molar-refractivity contribution in [3.63, 3.8) is 0 Å². The average molecular weight is 300 g/mol. The van der Waals surface area contributed by atoms with Crippen molar-refractivity contribution in [2.24, 2.45) is 11.7 Å². The molecule has 1 fully saturated rings. The molecule has 1 aliphatic rings. The number of nitrogens with two attached hydrogens (primary N) is 1. The Bertz CT molecular complexity index is 570. The van der Waals surface area contributed by atoms with Crippen LogP contribution in [0.3, 0.4) is 0 Å². The molecule has 1 aromatic rings. The number of benzene rings is 1. The molecule has 0 amide bonds. The lowest BCUT2D eigenvalue weighted by atomic mass is 10.2. The minimum absolute atomic E-state index is 0.147. The van der Waals surface area contributed by atoms with E-state index in [0.29, 0.717) is 24.0 Å². The Hall–Kier alpha value is -1.31. The summed E-state index contributed by atoms with van der Waals surface area (Å²) in [6.45, 7) is 0.303. The Morgan fingerprint density at radius 1 is 1.30 bits per heavy atom. The van der Waals surface area contributed by atoms with Gasteiger partial charge in [0.25, 0.3) is 0 Å². The van der Waals surface area contributed by atoms with Crippen molar-refractivity contribution >= 4 is 10.0 Å². The van der Waals surface area contributed by atoms with Gasteiger partial charge in [0.1, 0.15) is 0 Å². The molecule has 6 nitrogen and oxygen atoms in total. The van der Waals surface area contributed by atoms with Gasteiger partial charge in [-0.05, 0) is 30.9 Å². The van der Waals surface area contributed by atoms with Crippen LogP contribution < -0.4 is 19.9 Å². The summed E-state index contributed by atoms with van der Waals surface area (Å²) < 4.78 is 37.6. The number of hydrogen-bond acceptors (Lipinski definition) is 5. The Morgan fingerprint density at radius 2 is 1.95 bits per heavy atom. The van der Waals surface area contributed by atoms with Crippen molar-refractivity contribution in [3.05, 3.63) is 18.2 Å². The number of nitrogens with one attached hydrogen (secondary N) is 1. The molecule has 112 valence electrons. The summed E-state index contributed by atoms with van der Waals surface area (Å²) in [5.74, 6) is 1.23. The lowest BCUT2D eigenvalue weighted by molar-refractivity contribution is 0.354. The minimum atomic E-state index is -3.60. The second-order valence-corrected chi connectivity index (χ2v) is 6.53. The van der Waals surface area contributed by atoms with Crippen LogP contribution in [0.15, 0.2) is 23.1 Å². The van der Waals surface area contributed by atoms with Crippen LogP contribution in [0.4, 0.5) is 0 Å². The minimum Gasteiger partial charge on any atom is -0.493 e. The van der Waals surface area contributed by atoms with Gasteiger partial charge in [-0.2, -0.15) is 0 Å². The number of rotatable bonds is 7. The molecule has 0 aromatic heterocycles. The van der Waals surface area contributed by atoms with E-state index in [-0.39, 0.29) is 10.9 Å². The Morgan fingerprint density at radius 3 is 2.45 bits per heavy atom. The van der Waals surface area contributed by atoms with Crippen LogP contribution >= 0.6 is 0 Å². The lowest BCUT2D eigenvalue weighted by Crippen LogP contribution is -2.41. The smallest absolute Gasteiger partial charge is 0.241 e.